The summed E-state index contributed by atoms with van der Waals surface area (Å²) in [6.45, 7) is -0.845. The predicted molar refractivity (Wildman–Crippen MR) is 63.4 cm³/mol. The first-order chi connectivity index (χ1) is 8.15. The molecular formula is C8H12Cl3NO6. The molecule has 0 rings (SSSR count). The number of rotatable bonds is 6. The van der Waals surface area contributed by atoms with Crippen molar-refractivity contribution in [1.82, 2.24) is 5.32 Å². The van der Waals surface area contributed by atoms with Crippen LogP contribution in [0.5, 0.6) is 0 Å². The number of carbonyl (C=O) groups is 2. The fraction of sp³-hybridized carbons (Fsp3) is 0.750. The van der Waals surface area contributed by atoms with Gasteiger partial charge in [0.05, 0.1) is 6.61 Å². The maximum absolute atomic E-state index is 11.2. The molecule has 1 amide bonds. The molecule has 0 aromatic heterocycles. The van der Waals surface area contributed by atoms with Crippen molar-refractivity contribution < 1.29 is 30.0 Å². The van der Waals surface area contributed by atoms with Gasteiger partial charge < -0.3 is 30.5 Å². The molecule has 0 aliphatic carbocycles. The van der Waals surface area contributed by atoms with E-state index in [4.69, 9.17) is 45.0 Å². The van der Waals surface area contributed by atoms with Crippen molar-refractivity contribution in [1.29, 1.82) is 0 Å². The predicted octanol–water partition coefficient (Wildman–Crippen LogP) is -1.88. The summed E-state index contributed by atoms with van der Waals surface area (Å²) in [6.07, 6.45) is -5.33. The van der Waals surface area contributed by atoms with E-state index >= 15 is 0 Å². The zero-order valence-corrected chi connectivity index (χ0v) is 11.1. The summed E-state index contributed by atoms with van der Waals surface area (Å²) in [7, 11) is 0. The van der Waals surface area contributed by atoms with Crippen LogP contribution < -0.4 is 5.32 Å². The smallest absolute Gasteiger partial charge is 0.272 e. The molecule has 0 aliphatic heterocycles. The van der Waals surface area contributed by atoms with E-state index in [1.54, 1.807) is 0 Å². The van der Waals surface area contributed by atoms with Gasteiger partial charge in [-0.25, -0.2) is 0 Å². The highest BCUT2D eigenvalue weighted by atomic mass is 35.6. The van der Waals surface area contributed by atoms with E-state index in [1.807, 2.05) is 5.32 Å². The number of hydrogen-bond acceptors (Lipinski definition) is 6. The van der Waals surface area contributed by atoms with Gasteiger partial charge >= 0.3 is 0 Å². The van der Waals surface area contributed by atoms with Crippen molar-refractivity contribution in [3.8, 4) is 0 Å². The minimum Gasteiger partial charge on any atom is -0.394 e. The van der Waals surface area contributed by atoms with Gasteiger partial charge in [-0.05, 0) is 0 Å². The van der Waals surface area contributed by atoms with Gasteiger partial charge in [0.15, 0.2) is 0 Å². The van der Waals surface area contributed by atoms with E-state index in [1.165, 1.54) is 0 Å². The van der Waals surface area contributed by atoms with Crippen molar-refractivity contribution in [3.05, 3.63) is 0 Å². The first-order valence-electron chi connectivity index (χ1n) is 4.63. The number of nitrogens with one attached hydrogen (secondary N) is 1. The van der Waals surface area contributed by atoms with Gasteiger partial charge in [-0.3, -0.25) is 4.79 Å². The Labute approximate surface area is 117 Å². The largest absolute Gasteiger partial charge is 0.394 e. The van der Waals surface area contributed by atoms with Crippen LogP contribution in [0.3, 0.4) is 0 Å². The summed E-state index contributed by atoms with van der Waals surface area (Å²) in [4.78, 5) is 21.9. The normalized spacial score (nSPS) is 18.6. The van der Waals surface area contributed by atoms with Gasteiger partial charge in [-0.1, -0.05) is 34.8 Å². The number of amides is 1. The fourth-order valence-electron chi connectivity index (χ4n) is 0.981. The molecule has 0 aliphatic rings. The van der Waals surface area contributed by atoms with E-state index in [-0.39, 0.29) is 6.29 Å². The quantitative estimate of drug-likeness (QED) is 0.287. The summed E-state index contributed by atoms with van der Waals surface area (Å²) in [6, 6.07) is -1.61. The third-order valence-electron chi connectivity index (χ3n) is 2.00. The van der Waals surface area contributed by atoms with Crippen LogP contribution in [0.1, 0.15) is 0 Å². The molecule has 5 N–H and O–H groups in total. The fourth-order valence-corrected chi connectivity index (χ4v) is 1.14. The van der Waals surface area contributed by atoms with Crippen molar-refractivity contribution in [3.63, 3.8) is 0 Å². The highest BCUT2D eigenvalue weighted by Gasteiger charge is 2.37. The lowest BCUT2D eigenvalue weighted by Crippen LogP contribution is -2.55. The molecule has 0 spiro atoms. The molecule has 0 saturated carbocycles. The Morgan fingerprint density at radius 2 is 1.72 bits per heavy atom. The van der Waals surface area contributed by atoms with Crippen LogP contribution in [0.4, 0.5) is 0 Å². The van der Waals surface area contributed by atoms with Gasteiger partial charge in [-0.15, -0.1) is 0 Å². The van der Waals surface area contributed by atoms with Crippen molar-refractivity contribution in [2.45, 2.75) is 28.1 Å². The molecule has 18 heavy (non-hydrogen) atoms. The molecule has 0 unspecified atom stereocenters. The van der Waals surface area contributed by atoms with Crippen LogP contribution in [0.2, 0.25) is 0 Å². The Morgan fingerprint density at radius 3 is 2.06 bits per heavy atom. The second-order valence-electron chi connectivity index (χ2n) is 3.36. The second kappa shape index (κ2) is 7.44. The highest BCUT2D eigenvalue weighted by molar-refractivity contribution is 6.76. The maximum atomic E-state index is 11.2. The Hall–Kier alpha value is -0.150. The third-order valence-corrected chi connectivity index (χ3v) is 2.52. The highest BCUT2D eigenvalue weighted by Crippen LogP contribution is 2.26. The van der Waals surface area contributed by atoms with E-state index in [0.29, 0.717) is 0 Å². The van der Waals surface area contributed by atoms with Crippen LogP contribution in [0, 0.1) is 0 Å². The molecule has 0 heterocycles. The monoisotopic (exact) mass is 323 g/mol. The Bertz CT molecular complexity index is 297. The number of aliphatic hydroxyl groups is 4. The summed E-state index contributed by atoms with van der Waals surface area (Å²) < 4.78 is -2.35. The van der Waals surface area contributed by atoms with Crippen molar-refractivity contribution in [2.24, 2.45) is 0 Å². The van der Waals surface area contributed by atoms with Crippen molar-refractivity contribution in [2.75, 3.05) is 6.61 Å². The number of carbonyl (C=O) groups excluding carboxylic acids is 2. The van der Waals surface area contributed by atoms with Crippen LogP contribution in [-0.2, 0) is 9.59 Å². The summed E-state index contributed by atoms with van der Waals surface area (Å²) in [5.41, 5.74) is 0. The minimum absolute atomic E-state index is 0.0896. The Kier molecular flexibility index (Phi) is 7.38. The average Bonchev–Trinajstić information content (AvgIpc) is 2.31. The molecule has 0 aromatic rings. The molecule has 4 atom stereocenters. The van der Waals surface area contributed by atoms with Gasteiger partial charge in [0.25, 0.3) is 9.70 Å². The molecule has 106 valence electrons. The van der Waals surface area contributed by atoms with Gasteiger partial charge in [-0.2, -0.15) is 0 Å². The van der Waals surface area contributed by atoms with E-state index in [2.05, 4.69) is 0 Å². The summed E-state index contributed by atoms with van der Waals surface area (Å²) in [5.74, 6) is -1.19. The number of alkyl halides is 3. The summed E-state index contributed by atoms with van der Waals surface area (Å²) >= 11 is 15.7. The number of halogens is 3. The van der Waals surface area contributed by atoms with E-state index < -0.39 is 40.7 Å². The lowest BCUT2D eigenvalue weighted by atomic mass is 10.0. The zero-order valence-electron chi connectivity index (χ0n) is 8.83. The Balaban J connectivity index is 4.69. The van der Waals surface area contributed by atoms with Crippen molar-refractivity contribution >= 4 is 47.0 Å². The van der Waals surface area contributed by atoms with Gasteiger partial charge in [0.2, 0.25) is 0 Å². The molecule has 0 bridgehead atoms. The first kappa shape index (κ1) is 17.8. The van der Waals surface area contributed by atoms with Crippen LogP contribution in [0.25, 0.3) is 0 Å². The molecule has 0 aromatic carbocycles. The van der Waals surface area contributed by atoms with Crippen LogP contribution in [0.15, 0.2) is 0 Å². The lowest BCUT2D eigenvalue weighted by molar-refractivity contribution is -0.130. The SMILES string of the molecule is O=C[C@H](NC(=O)C(Cl)(Cl)Cl)[C@@H](O)[C@@H](O)[C@H](O)CO. The molecule has 0 radical (unpaired) electrons. The second-order valence-corrected chi connectivity index (χ2v) is 5.65. The average molecular weight is 325 g/mol. The summed E-state index contributed by atoms with van der Waals surface area (Å²) in [5, 5.41) is 38.3. The third kappa shape index (κ3) is 5.23. The van der Waals surface area contributed by atoms with Gasteiger partial charge in [0, 0.05) is 0 Å². The molecule has 10 heteroatoms. The van der Waals surface area contributed by atoms with Crippen LogP contribution in [-0.4, -0.2) is 67.4 Å². The number of aliphatic hydroxyl groups excluding tert-OH is 4. The number of aldehydes is 1. The molecule has 0 saturated heterocycles. The van der Waals surface area contributed by atoms with E-state index in [9.17, 15) is 19.8 Å². The number of hydrogen-bond donors (Lipinski definition) is 5. The van der Waals surface area contributed by atoms with E-state index in [0.717, 1.165) is 0 Å². The Morgan fingerprint density at radius 1 is 1.22 bits per heavy atom. The van der Waals surface area contributed by atoms with Gasteiger partial charge in [0.1, 0.15) is 30.6 Å². The zero-order chi connectivity index (χ0) is 14.5. The minimum atomic E-state index is -2.35. The standard InChI is InChI=1S/C8H12Cl3NO6/c9-8(10,11)7(18)12-3(1-13)5(16)6(17)4(15)2-14/h1,3-6,14-17H,2H2,(H,12,18)/t3-,4+,5+,6-/m0/s1. The maximum Gasteiger partial charge on any atom is 0.272 e. The molecular weight excluding hydrogens is 312 g/mol. The molecule has 7 nitrogen and oxygen atoms in total. The molecule has 0 fully saturated rings. The topological polar surface area (TPSA) is 127 Å². The van der Waals surface area contributed by atoms with Crippen LogP contribution >= 0.6 is 34.8 Å². The lowest BCUT2D eigenvalue weighted by Gasteiger charge is -2.27. The first-order valence-corrected chi connectivity index (χ1v) is 5.76.